The number of halogens is 1. The number of hydrogen-bond donors (Lipinski definition) is 0. The average Bonchev–Trinajstić information content (AvgIpc) is 3.17. The van der Waals surface area contributed by atoms with E-state index in [4.69, 9.17) is 14.2 Å². The Kier molecular flexibility index (Phi) is 6.04. The molecule has 150 valence electrons. The molecule has 3 heterocycles. The Balaban J connectivity index is 1.53. The molecule has 9 heteroatoms. The van der Waals surface area contributed by atoms with Crippen LogP contribution in [0, 0.1) is 5.82 Å². The highest BCUT2D eigenvalue weighted by Crippen LogP contribution is 2.31. The van der Waals surface area contributed by atoms with Crippen LogP contribution in [0.1, 0.15) is 6.42 Å². The van der Waals surface area contributed by atoms with Crippen LogP contribution in [0.2, 0.25) is 0 Å². The molecular weight excluding hydrogens is 385 g/mol. The van der Waals surface area contributed by atoms with Gasteiger partial charge in [0.05, 0.1) is 17.9 Å². The summed E-state index contributed by atoms with van der Waals surface area (Å²) in [5.74, 6) is -0.560. The number of hydrogen-bond acceptors (Lipinski definition) is 7. The quantitative estimate of drug-likeness (QED) is 0.733. The first-order valence-electron chi connectivity index (χ1n) is 9.34. The summed E-state index contributed by atoms with van der Waals surface area (Å²) in [4.78, 5) is 21.3. The van der Waals surface area contributed by atoms with Gasteiger partial charge in [0, 0.05) is 26.2 Å². The number of ether oxygens (including phenoxy) is 3. The smallest absolute Gasteiger partial charge is 0.298 e. The Labute approximate surface area is 166 Å². The third-order valence-corrected chi connectivity index (χ3v) is 5.70. The van der Waals surface area contributed by atoms with Crippen molar-refractivity contribution in [1.82, 2.24) is 9.88 Å². The molecule has 1 saturated heterocycles. The van der Waals surface area contributed by atoms with Crippen LogP contribution < -0.4 is 4.90 Å². The molecule has 0 atom stereocenters. The maximum Gasteiger partial charge on any atom is 0.298 e. The lowest BCUT2D eigenvalue weighted by molar-refractivity contribution is -0.119. The predicted octanol–water partition coefficient (Wildman–Crippen LogP) is 2.38. The summed E-state index contributed by atoms with van der Waals surface area (Å²) in [6.07, 6.45) is 2.10. The highest BCUT2D eigenvalue weighted by molar-refractivity contribution is 7.22. The molecule has 2 aliphatic heterocycles. The van der Waals surface area contributed by atoms with Crippen LogP contribution in [0.15, 0.2) is 30.2 Å². The second kappa shape index (κ2) is 8.85. The van der Waals surface area contributed by atoms with E-state index in [1.807, 2.05) is 0 Å². The molecule has 2 aliphatic rings. The second-order valence-electron chi connectivity index (χ2n) is 6.55. The van der Waals surface area contributed by atoms with Gasteiger partial charge in [-0.25, -0.2) is 9.37 Å². The summed E-state index contributed by atoms with van der Waals surface area (Å²) in [5.41, 5.74) is 0.281. The summed E-state index contributed by atoms with van der Waals surface area (Å²) in [6, 6.07) is 4.82. The number of amides is 1. The van der Waals surface area contributed by atoms with Gasteiger partial charge in [-0.3, -0.25) is 14.6 Å². The lowest BCUT2D eigenvalue weighted by Crippen LogP contribution is -2.40. The highest BCUT2D eigenvalue weighted by Gasteiger charge is 2.26. The number of anilines is 1. The lowest BCUT2D eigenvalue weighted by atomic mass is 10.3. The number of fused-ring (bicyclic) bond motifs is 1. The first-order valence-corrected chi connectivity index (χ1v) is 10.2. The first-order chi connectivity index (χ1) is 13.7. The molecular formula is C19H22FN3O4S. The fourth-order valence-corrected chi connectivity index (χ4v) is 4.20. The van der Waals surface area contributed by atoms with Crippen LogP contribution in [-0.2, 0) is 19.0 Å². The summed E-state index contributed by atoms with van der Waals surface area (Å²) in [6.45, 7) is 5.30. The van der Waals surface area contributed by atoms with Gasteiger partial charge in [-0.05, 0) is 18.6 Å². The molecule has 1 fully saturated rings. The Morgan fingerprint density at radius 1 is 1.25 bits per heavy atom. The van der Waals surface area contributed by atoms with Crippen molar-refractivity contribution >= 4 is 32.6 Å². The van der Waals surface area contributed by atoms with Gasteiger partial charge in [-0.1, -0.05) is 17.4 Å². The van der Waals surface area contributed by atoms with Gasteiger partial charge in [0.1, 0.15) is 30.8 Å². The van der Waals surface area contributed by atoms with Crippen LogP contribution in [0.5, 0.6) is 0 Å². The van der Waals surface area contributed by atoms with E-state index >= 15 is 0 Å². The van der Waals surface area contributed by atoms with Crippen LogP contribution in [0.3, 0.4) is 0 Å². The number of para-hydroxylation sites is 1. The summed E-state index contributed by atoms with van der Waals surface area (Å²) in [7, 11) is 0. The van der Waals surface area contributed by atoms with Crippen molar-refractivity contribution in [3.8, 4) is 0 Å². The molecule has 0 bridgehead atoms. The lowest BCUT2D eigenvalue weighted by Gasteiger charge is -2.28. The molecule has 1 amide bonds. The largest absolute Gasteiger partial charge is 0.494 e. The van der Waals surface area contributed by atoms with Crippen molar-refractivity contribution in [3.63, 3.8) is 0 Å². The first kappa shape index (κ1) is 19.1. The standard InChI is InChI=1S/C19H22FN3O4S/c20-14-3-1-4-16-17(14)21-19(28-16)23(18(24)15-13-26-11-12-27-15)6-2-5-22-7-9-25-10-8-22/h1,3-4,13H,2,5-12H2. The van der Waals surface area contributed by atoms with Gasteiger partial charge in [0.25, 0.3) is 5.91 Å². The average molecular weight is 407 g/mol. The van der Waals surface area contributed by atoms with E-state index in [1.165, 1.54) is 23.7 Å². The summed E-state index contributed by atoms with van der Waals surface area (Å²) < 4.78 is 30.8. The van der Waals surface area contributed by atoms with E-state index < -0.39 is 5.82 Å². The molecule has 0 spiro atoms. The zero-order valence-electron chi connectivity index (χ0n) is 15.4. The maximum atomic E-state index is 14.1. The van der Waals surface area contributed by atoms with E-state index in [-0.39, 0.29) is 17.2 Å². The number of aromatic nitrogens is 1. The second-order valence-corrected chi connectivity index (χ2v) is 7.56. The summed E-state index contributed by atoms with van der Waals surface area (Å²) in [5, 5.41) is 0.460. The van der Waals surface area contributed by atoms with Gasteiger partial charge in [0.2, 0.25) is 5.76 Å². The molecule has 7 nitrogen and oxygen atoms in total. The molecule has 2 aromatic rings. The number of morpholine rings is 1. The molecule has 4 rings (SSSR count). The van der Waals surface area contributed by atoms with Crippen molar-refractivity contribution in [2.45, 2.75) is 6.42 Å². The van der Waals surface area contributed by atoms with Crippen molar-refractivity contribution in [2.75, 3.05) is 57.5 Å². The SMILES string of the molecule is O=C(C1=COCCO1)N(CCCN1CCOCC1)c1nc2c(F)cccc2s1. The van der Waals surface area contributed by atoms with E-state index in [0.29, 0.717) is 29.6 Å². The highest BCUT2D eigenvalue weighted by atomic mass is 32.1. The maximum absolute atomic E-state index is 14.1. The van der Waals surface area contributed by atoms with Gasteiger partial charge >= 0.3 is 0 Å². The molecule has 0 radical (unpaired) electrons. The molecule has 0 saturated carbocycles. The fraction of sp³-hybridized carbons (Fsp3) is 0.474. The number of thiazole rings is 1. The van der Waals surface area contributed by atoms with Gasteiger partial charge < -0.3 is 14.2 Å². The van der Waals surface area contributed by atoms with Gasteiger partial charge in [-0.15, -0.1) is 0 Å². The van der Waals surface area contributed by atoms with E-state index in [9.17, 15) is 9.18 Å². The van der Waals surface area contributed by atoms with Crippen LogP contribution >= 0.6 is 11.3 Å². The van der Waals surface area contributed by atoms with E-state index in [1.54, 1.807) is 17.0 Å². The molecule has 1 aromatic heterocycles. The third-order valence-electron chi connectivity index (χ3n) is 4.65. The molecule has 28 heavy (non-hydrogen) atoms. The van der Waals surface area contributed by atoms with Crippen LogP contribution in [-0.4, -0.2) is 68.4 Å². The minimum atomic E-state index is -0.391. The van der Waals surface area contributed by atoms with E-state index in [2.05, 4.69) is 9.88 Å². The van der Waals surface area contributed by atoms with Gasteiger partial charge in [-0.2, -0.15) is 0 Å². The number of carbonyl (C=O) groups is 1. The van der Waals surface area contributed by atoms with Crippen molar-refractivity contribution in [3.05, 3.63) is 36.0 Å². The number of nitrogens with zero attached hydrogens (tertiary/aromatic N) is 3. The minimum Gasteiger partial charge on any atom is -0.494 e. The molecule has 0 unspecified atom stereocenters. The Bertz CT molecular complexity index is 866. The zero-order chi connectivity index (χ0) is 19.3. The van der Waals surface area contributed by atoms with Crippen LogP contribution in [0.4, 0.5) is 9.52 Å². The predicted molar refractivity (Wildman–Crippen MR) is 104 cm³/mol. The van der Waals surface area contributed by atoms with Gasteiger partial charge in [0.15, 0.2) is 5.13 Å². The molecule has 0 aliphatic carbocycles. The van der Waals surface area contributed by atoms with Crippen molar-refractivity contribution in [2.24, 2.45) is 0 Å². The summed E-state index contributed by atoms with van der Waals surface area (Å²) >= 11 is 1.29. The zero-order valence-corrected chi connectivity index (χ0v) is 16.3. The number of rotatable bonds is 6. The molecule has 1 aromatic carbocycles. The van der Waals surface area contributed by atoms with Crippen molar-refractivity contribution in [1.29, 1.82) is 0 Å². The fourth-order valence-electron chi connectivity index (χ4n) is 3.19. The normalized spacial score (nSPS) is 17.7. The number of carbonyl (C=O) groups excluding carboxylic acids is 1. The monoisotopic (exact) mass is 407 g/mol. The van der Waals surface area contributed by atoms with E-state index in [0.717, 1.165) is 39.3 Å². The minimum absolute atomic E-state index is 0.150. The number of benzene rings is 1. The Morgan fingerprint density at radius 2 is 2.11 bits per heavy atom. The molecule has 0 N–H and O–H groups in total. The van der Waals surface area contributed by atoms with Crippen molar-refractivity contribution < 1.29 is 23.4 Å². The topological polar surface area (TPSA) is 64.1 Å². The van der Waals surface area contributed by atoms with Crippen LogP contribution in [0.25, 0.3) is 10.2 Å². The Hall–Kier alpha value is -2.23. The Morgan fingerprint density at radius 3 is 2.86 bits per heavy atom. The third kappa shape index (κ3) is 4.26.